The second kappa shape index (κ2) is 6.86. The van der Waals surface area contributed by atoms with E-state index >= 15 is 0 Å². The number of nitrogens with zero attached hydrogens (tertiary/aromatic N) is 1. The molecule has 0 aromatic carbocycles. The van der Waals surface area contributed by atoms with Gasteiger partial charge in [0.2, 0.25) is 0 Å². The third-order valence-electron chi connectivity index (χ3n) is 3.17. The summed E-state index contributed by atoms with van der Waals surface area (Å²) in [6.45, 7) is 3.80. The van der Waals surface area contributed by atoms with Crippen LogP contribution in [0.2, 0.25) is 0 Å². The van der Waals surface area contributed by atoms with Crippen LogP contribution in [0, 0.1) is 0 Å². The van der Waals surface area contributed by atoms with E-state index in [-0.39, 0.29) is 6.04 Å². The highest BCUT2D eigenvalue weighted by Gasteiger charge is 2.25. The smallest absolute Gasteiger partial charge is 0.320 e. The SMILES string of the molecule is CCCCC(NCCN(C)C1CC1)C(=O)O. The molecular formula is C12H24N2O2. The van der Waals surface area contributed by atoms with Gasteiger partial charge in [0, 0.05) is 19.1 Å². The number of nitrogens with one attached hydrogen (secondary N) is 1. The summed E-state index contributed by atoms with van der Waals surface area (Å²) in [5.41, 5.74) is 0. The van der Waals surface area contributed by atoms with Crippen molar-refractivity contribution in [3.8, 4) is 0 Å². The topological polar surface area (TPSA) is 52.6 Å². The normalized spacial score (nSPS) is 17.7. The Kier molecular flexibility index (Phi) is 5.77. The van der Waals surface area contributed by atoms with Crippen molar-refractivity contribution >= 4 is 5.97 Å². The van der Waals surface area contributed by atoms with Crippen LogP contribution in [0.15, 0.2) is 0 Å². The molecule has 1 aliphatic rings. The third-order valence-corrected chi connectivity index (χ3v) is 3.17. The van der Waals surface area contributed by atoms with Gasteiger partial charge in [-0.2, -0.15) is 0 Å². The van der Waals surface area contributed by atoms with Gasteiger partial charge in [-0.1, -0.05) is 19.8 Å². The van der Waals surface area contributed by atoms with Gasteiger partial charge in [-0.05, 0) is 26.3 Å². The summed E-state index contributed by atoms with van der Waals surface area (Å²) in [5, 5.41) is 12.1. The number of hydrogen-bond acceptors (Lipinski definition) is 3. The number of hydrogen-bond donors (Lipinski definition) is 2. The van der Waals surface area contributed by atoms with Gasteiger partial charge in [0.05, 0.1) is 0 Å². The van der Waals surface area contributed by atoms with Crippen LogP contribution in [0.5, 0.6) is 0 Å². The standard InChI is InChI=1S/C12H24N2O2/c1-3-4-5-11(12(15)16)13-8-9-14(2)10-6-7-10/h10-11,13H,3-9H2,1-2H3,(H,15,16). The zero-order chi connectivity index (χ0) is 12.0. The molecule has 1 aliphatic carbocycles. The number of likely N-dealkylation sites (N-methyl/N-ethyl adjacent to an activating group) is 1. The molecule has 0 aromatic heterocycles. The summed E-state index contributed by atoms with van der Waals surface area (Å²) in [5.74, 6) is -0.720. The minimum Gasteiger partial charge on any atom is -0.480 e. The minimum absolute atomic E-state index is 0.368. The molecular weight excluding hydrogens is 204 g/mol. The maximum absolute atomic E-state index is 11.0. The molecule has 0 saturated heterocycles. The lowest BCUT2D eigenvalue weighted by atomic mass is 10.1. The first-order valence-electron chi connectivity index (χ1n) is 6.31. The lowest BCUT2D eigenvalue weighted by Gasteiger charge is -2.18. The summed E-state index contributed by atoms with van der Waals surface area (Å²) in [4.78, 5) is 13.3. The lowest BCUT2D eigenvalue weighted by Crippen LogP contribution is -2.41. The average Bonchev–Trinajstić information content (AvgIpc) is 3.05. The van der Waals surface area contributed by atoms with E-state index in [1.165, 1.54) is 12.8 Å². The lowest BCUT2D eigenvalue weighted by molar-refractivity contribution is -0.139. The molecule has 1 unspecified atom stereocenters. The highest BCUT2D eigenvalue weighted by atomic mass is 16.4. The number of carbonyl (C=O) groups is 1. The van der Waals surface area contributed by atoms with Crippen molar-refractivity contribution in [1.82, 2.24) is 10.2 Å². The Labute approximate surface area is 98.0 Å². The van der Waals surface area contributed by atoms with Crippen molar-refractivity contribution in [3.63, 3.8) is 0 Å². The summed E-state index contributed by atoms with van der Waals surface area (Å²) in [6.07, 6.45) is 5.36. The Balaban J connectivity index is 2.13. The molecule has 1 saturated carbocycles. The molecule has 94 valence electrons. The van der Waals surface area contributed by atoms with Crippen LogP contribution in [-0.4, -0.2) is 48.2 Å². The fraction of sp³-hybridized carbons (Fsp3) is 0.917. The van der Waals surface area contributed by atoms with E-state index < -0.39 is 5.97 Å². The summed E-state index contributed by atoms with van der Waals surface area (Å²) in [6, 6.07) is 0.383. The minimum atomic E-state index is -0.720. The first-order chi connectivity index (χ1) is 7.65. The van der Waals surface area contributed by atoms with Crippen LogP contribution < -0.4 is 5.32 Å². The highest BCUT2D eigenvalue weighted by molar-refractivity contribution is 5.73. The molecule has 2 N–H and O–H groups in total. The number of carboxylic acids is 1. The van der Waals surface area contributed by atoms with Gasteiger partial charge in [0.15, 0.2) is 0 Å². The molecule has 16 heavy (non-hydrogen) atoms. The van der Waals surface area contributed by atoms with Crippen molar-refractivity contribution in [2.24, 2.45) is 0 Å². The van der Waals surface area contributed by atoms with Crippen molar-refractivity contribution in [3.05, 3.63) is 0 Å². The van der Waals surface area contributed by atoms with Crippen molar-refractivity contribution in [1.29, 1.82) is 0 Å². The predicted molar refractivity (Wildman–Crippen MR) is 64.6 cm³/mol. The molecule has 0 radical (unpaired) electrons. The molecule has 0 amide bonds. The van der Waals surface area contributed by atoms with Crippen molar-refractivity contribution in [2.75, 3.05) is 20.1 Å². The van der Waals surface area contributed by atoms with Gasteiger partial charge >= 0.3 is 5.97 Å². The maximum atomic E-state index is 11.0. The first-order valence-corrected chi connectivity index (χ1v) is 6.31. The van der Waals surface area contributed by atoms with E-state index in [4.69, 9.17) is 5.11 Å². The van der Waals surface area contributed by atoms with Crippen LogP contribution in [-0.2, 0) is 4.79 Å². The molecule has 0 spiro atoms. The zero-order valence-corrected chi connectivity index (χ0v) is 10.4. The fourth-order valence-corrected chi connectivity index (χ4v) is 1.83. The fourth-order valence-electron chi connectivity index (χ4n) is 1.83. The van der Waals surface area contributed by atoms with E-state index in [9.17, 15) is 4.79 Å². The maximum Gasteiger partial charge on any atom is 0.320 e. The molecule has 4 heteroatoms. The Morgan fingerprint density at radius 1 is 1.56 bits per heavy atom. The van der Waals surface area contributed by atoms with Gasteiger partial charge in [0.25, 0.3) is 0 Å². The molecule has 1 rings (SSSR count). The molecule has 0 bridgehead atoms. The van der Waals surface area contributed by atoms with E-state index in [1.807, 2.05) is 0 Å². The van der Waals surface area contributed by atoms with Gasteiger partial charge < -0.3 is 15.3 Å². The highest BCUT2D eigenvalue weighted by Crippen LogP contribution is 2.24. The van der Waals surface area contributed by atoms with Gasteiger partial charge in [-0.15, -0.1) is 0 Å². The first kappa shape index (κ1) is 13.5. The molecule has 0 aromatic rings. The van der Waals surface area contributed by atoms with Crippen LogP contribution in [0.4, 0.5) is 0 Å². The van der Waals surface area contributed by atoms with E-state index in [0.717, 1.165) is 38.4 Å². The predicted octanol–water partition coefficient (Wildman–Crippen LogP) is 1.31. The van der Waals surface area contributed by atoms with Gasteiger partial charge in [-0.25, -0.2) is 0 Å². The van der Waals surface area contributed by atoms with Crippen molar-refractivity contribution in [2.45, 2.75) is 51.1 Å². The van der Waals surface area contributed by atoms with Crippen LogP contribution >= 0.6 is 0 Å². The zero-order valence-electron chi connectivity index (χ0n) is 10.4. The van der Waals surface area contributed by atoms with Crippen LogP contribution in [0.1, 0.15) is 39.0 Å². The quantitative estimate of drug-likeness (QED) is 0.625. The molecule has 0 aliphatic heterocycles. The number of rotatable bonds is 9. The third kappa shape index (κ3) is 4.94. The van der Waals surface area contributed by atoms with E-state index in [2.05, 4.69) is 24.2 Å². The Morgan fingerprint density at radius 2 is 2.25 bits per heavy atom. The summed E-state index contributed by atoms with van der Waals surface area (Å²) < 4.78 is 0. The monoisotopic (exact) mass is 228 g/mol. The van der Waals surface area contributed by atoms with E-state index in [1.54, 1.807) is 0 Å². The van der Waals surface area contributed by atoms with Crippen molar-refractivity contribution < 1.29 is 9.90 Å². The molecule has 1 atom stereocenters. The second-order valence-electron chi connectivity index (χ2n) is 4.70. The summed E-state index contributed by atoms with van der Waals surface area (Å²) >= 11 is 0. The number of carboxylic acid groups (broad SMARTS) is 1. The Bertz CT molecular complexity index is 217. The summed E-state index contributed by atoms with van der Waals surface area (Å²) in [7, 11) is 2.11. The Hall–Kier alpha value is -0.610. The Morgan fingerprint density at radius 3 is 2.75 bits per heavy atom. The molecule has 4 nitrogen and oxygen atoms in total. The second-order valence-corrected chi connectivity index (χ2v) is 4.70. The number of unbranched alkanes of at least 4 members (excludes halogenated alkanes) is 1. The van der Waals surface area contributed by atoms with Gasteiger partial charge in [-0.3, -0.25) is 4.79 Å². The average molecular weight is 228 g/mol. The van der Waals surface area contributed by atoms with E-state index in [0.29, 0.717) is 0 Å². The number of aliphatic carboxylic acids is 1. The molecule has 1 fully saturated rings. The van der Waals surface area contributed by atoms with Gasteiger partial charge in [0.1, 0.15) is 6.04 Å². The largest absolute Gasteiger partial charge is 0.480 e. The van der Waals surface area contributed by atoms with Crippen LogP contribution in [0.25, 0.3) is 0 Å². The molecule has 0 heterocycles. The van der Waals surface area contributed by atoms with Crippen LogP contribution in [0.3, 0.4) is 0 Å².